The molecule has 0 N–H and O–H groups in total. The molecule has 4 heteroatoms. The van der Waals surface area contributed by atoms with Gasteiger partial charge in [-0.05, 0) is 23.4 Å². The summed E-state index contributed by atoms with van der Waals surface area (Å²) in [7, 11) is 0. The molecule has 0 spiro atoms. The van der Waals surface area contributed by atoms with Crippen LogP contribution in [0, 0.1) is 0 Å². The third-order valence-corrected chi connectivity index (χ3v) is 2.70. The predicted octanol–water partition coefficient (Wildman–Crippen LogP) is 4.69. The number of fused-ring (bicyclic) bond motifs is 1. The molecule has 0 bridgehead atoms. The van der Waals surface area contributed by atoms with E-state index >= 15 is 0 Å². The lowest BCUT2D eigenvalue weighted by Gasteiger charge is -2.13. The van der Waals surface area contributed by atoms with E-state index in [0.717, 1.165) is 23.8 Å². The van der Waals surface area contributed by atoms with Crippen LogP contribution in [0.5, 0.6) is 5.75 Å². The van der Waals surface area contributed by atoms with Gasteiger partial charge in [0.15, 0.2) is 0 Å². The number of hydrogen-bond donors (Lipinski definition) is 0. The molecule has 0 aromatic heterocycles. The zero-order valence-corrected chi connectivity index (χ0v) is 9.92. The Morgan fingerprint density at radius 1 is 1.06 bits per heavy atom. The van der Waals surface area contributed by atoms with Crippen LogP contribution in [-0.2, 0) is 6.42 Å². The van der Waals surface area contributed by atoms with Crippen molar-refractivity contribution >= 4 is 10.8 Å². The maximum absolute atomic E-state index is 12.4. The van der Waals surface area contributed by atoms with Gasteiger partial charge in [-0.1, -0.05) is 43.7 Å². The van der Waals surface area contributed by atoms with Gasteiger partial charge in [0.2, 0.25) is 0 Å². The van der Waals surface area contributed by atoms with Gasteiger partial charge < -0.3 is 4.74 Å². The molecular weight excluding hydrogens is 241 g/mol. The zero-order chi connectivity index (χ0) is 13.2. The smallest absolute Gasteiger partial charge is 0.405 e. The molecule has 0 unspecified atom stereocenters. The van der Waals surface area contributed by atoms with Crippen molar-refractivity contribution in [1.82, 2.24) is 0 Å². The predicted molar refractivity (Wildman–Crippen MR) is 64.6 cm³/mol. The number of ether oxygens (including phenoxy) is 1. The molecule has 0 radical (unpaired) electrons. The van der Waals surface area contributed by atoms with Crippen molar-refractivity contribution in [3.8, 4) is 5.75 Å². The molecule has 0 fully saturated rings. The van der Waals surface area contributed by atoms with Gasteiger partial charge in [-0.2, -0.15) is 0 Å². The second-order valence-corrected chi connectivity index (χ2v) is 4.07. The Balaban J connectivity index is 2.58. The summed E-state index contributed by atoms with van der Waals surface area (Å²) in [5.74, 6) is -0.121. The maximum atomic E-state index is 12.4. The van der Waals surface area contributed by atoms with Crippen molar-refractivity contribution in [2.45, 2.75) is 26.1 Å². The first-order valence-electron chi connectivity index (χ1n) is 5.77. The van der Waals surface area contributed by atoms with E-state index in [1.807, 2.05) is 19.1 Å². The van der Waals surface area contributed by atoms with Crippen LogP contribution < -0.4 is 4.74 Å². The summed E-state index contributed by atoms with van der Waals surface area (Å²) in [6, 6.07) is 10.2. The fourth-order valence-electron chi connectivity index (χ4n) is 2.07. The number of halogens is 3. The third kappa shape index (κ3) is 2.75. The number of rotatable bonds is 3. The summed E-state index contributed by atoms with van der Waals surface area (Å²) in [6.07, 6.45) is -3.05. The lowest BCUT2D eigenvalue weighted by atomic mass is 10.0. The number of alkyl halides is 3. The van der Waals surface area contributed by atoms with Gasteiger partial charge in [0.25, 0.3) is 0 Å². The molecule has 2 rings (SSSR count). The first-order chi connectivity index (χ1) is 8.51. The number of benzene rings is 2. The Labute approximate surface area is 103 Å². The van der Waals surface area contributed by atoms with Crippen LogP contribution in [0.2, 0.25) is 0 Å². The molecular formula is C14H13F3O. The Kier molecular flexibility index (Phi) is 3.45. The largest absolute Gasteiger partial charge is 0.573 e. The first kappa shape index (κ1) is 12.7. The monoisotopic (exact) mass is 254 g/mol. The van der Waals surface area contributed by atoms with Gasteiger partial charge >= 0.3 is 6.36 Å². The Bertz CT molecular complexity index is 541. The summed E-state index contributed by atoms with van der Waals surface area (Å²) in [4.78, 5) is 0. The van der Waals surface area contributed by atoms with Crippen molar-refractivity contribution in [2.24, 2.45) is 0 Å². The van der Waals surface area contributed by atoms with E-state index in [1.54, 1.807) is 18.2 Å². The molecule has 2 aromatic carbocycles. The number of aryl methyl sites for hydroxylation is 1. The van der Waals surface area contributed by atoms with E-state index < -0.39 is 6.36 Å². The van der Waals surface area contributed by atoms with Crippen LogP contribution in [-0.4, -0.2) is 6.36 Å². The molecule has 2 aromatic rings. The highest BCUT2D eigenvalue weighted by Gasteiger charge is 2.32. The molecule has 18 heavy (non-hydrogen) atoms. The van der Waals surface area contributed by atoms with Gasteiger partial charge in [0.05, 0.1) is 0 Å². The molecule has 0 heterocycles. The van der Waals surface area contributed by atoms with E-state index in [2.05, 4.69) is 4.74 Å². The van der Waals surface area contributed by atoms with E-state index in [9.17, 15) is 13.2 Å². The van der Waals surface area contributed by atoms with Gasteiger partial charge in [0, 0.05) is 5.39 Å². The molecule has 0 amide bonds. The Hall–Kier alpha value is -1.71. The van der Waals surface area contributed by atoms with Gasteiger partial charge in [-0.15, -0.1) is 13.2 Å². The first-order valence-corrected chi connectivity index (χ1v) is 5.77. The minimum Gasteiger partial charge on any atom is -0.405 e. The molecule has 0 saturated carbocycles. The molecule has 0 aliphatic heterocycles. The third-order valence-electron chi connectivity index (χ3n) is 2.70. The second kappa shape index (κ2) is 4.88. The highest BCUT2D eigenvalue weighted by molar-refractivity contribution is 5.91. The maximum Gasteiger partial charge on any atom is 0.573 e. The van der Waals surface area contributed by atoms with Crippen molar-refractivity contribution in [1.29, 1.82) is 0 Å². The highest BCUT2D eigenvalue weighted by atomic mass is 19.4. The summed E-state index contributed by atoms with van der Waals surface area (Å²) in [6.45, 7) is 1.99. The molecule has 0 atom stereocenters. The topological polar surface area (TPSA) is 9.23 Å². The Morgan fingerprint density at radius 3 is 2.33 bits per heavy atom. The lowest BCUT2D eigenvalue weighted by molar-refractivity contribution is -0.274. The summed E-state index contributed by atoms with van der Waals surface area (Å²) >= 11 is 0. The second-order valence-electron chi connectivity index (χ2n) is 4.07. The van der Waals surface area contributed by atoms with Crippen LogP contribution in [0.15, 0.2) is 36.4 Å². The summed E-state index contributed by atoms with van der Waals surface area (Å²) in [5, 5.41) is 1.32. The molecule has 96 valence electrons. The van der Waals surface area contributed by atoms with Gasteiger partial charge in [-0.3, -0.25) is 0 Å². The van der Waals surface area contributed by atoms with Crippen LogP contribution in [0.1, 0.15) is 18.9 Å². The average Bonchev–Trinajstić information content (AvgIpc) is 2.28. The minimum absolute atomic E-state index is 0.121. The fraction of sp³-hybridized carbons (Fsp3) is 0.286. The quantitative estimate of drug-likeness (QED) is 0.772. The van der Waals surface area contributed by atoms with Crippen LogP contribution in [0.3, 0.4) is 0 Å². The summed E-state index contributed by atoms with van der Waals surface area (Å²) in [5.41, 5.74) is 0.884. The highest BCUT2D eigenvalue weighted by Crippen LogP contribution is 2.33. The van der Waals surface area contributed by atoms with Crippen LogP contribution >= 0.6 is 0 Å². The standard InChI is InChI=1S/C14H13F3O/c1-2-5-10-6-3-7-11-8-4-9-12(13(10)11)18-14(15,16)17/h3-4,6-9H,2,5H2,1H3. The molecule has 0 aliphatic rings. The van der Waals surface area contributed by atoms with Crippen molar-refractivity contribution < 1.29 is 17.9 Å². The van der Waals surface area contributed by atoms with Crippen LogP contribution in [0.25, 0.3) is 10.8 Å². The van der Waals surface area contributed by atoms with Crippen molar-refractivity contribution in [2.75, 3.05) is 0 Å². The average molecular weight is 254 g/mol. The molecule has 1 nitrogen and oxygen atoms in total. The molecule has 0 saturated heterocycles. The van der Waals surface area contributed by atoms with Crippen LogP contribution in [0.4, 0.5) is 13.2 Å². The van der Waals surface area contributed by atoms with E-state index in [4.69, 9.17) is 0 Å². The normalized spacial score (nSPS) is 11.8. The van der Waals surface area contributed by atoms with E-state index in [1.165, 1.54) is 6.07 Å². The minimum atomic E-state index is -4.66. The fourth-order valence-corrected chi connectivity index (χ4v) is 2.07. The van der Waals surface area contributed by atoms with E-state index in [0.29, 0.717) is 5.39 Å². The summed E-state index contributed by atoms with van der Waals surface area (Å²) < 4.78 is 41.2. The van der Waals surface area contributed by atoms with Gasteiger partial charge in [-0.25, -0.2) is 0 Å². The van der Waals surface area contributed by atoms with E-state index in [-0.39, 0.29) is 5.75 Å². The Morgan fingerprint density at radius 2 is 1.72 bits per heavy atom. The lowest BCUT2D eigenvalue weighted by Crippen LogP contribution is -2.17. The molecule has 0 aliphatic carbocycles. The SMILES string of the molecule is CCCc1cccc2cccc(OC(F)(F)F)c12. The van der Waals surface area contributed by atoms with Crippen molar-refractivity contribution in [3.63, 3.8) is 0 Å². The van der Waals surface area contributed by atoms with Crippen molar-refractivity contribution in [3.05, 3.63) is 42.0 Å². The van der Waals surface area contributed by atoms with Gasteiger partial charge in [0.1, 0.15) is 5.75 Å². The number of hydrogen-bond acceptors (Lipinski definition) is 1. The zero-order valence-electron chi connectivity index (χ0n) is 9.92.